The van der Waals surface area contributed by atoms with E-state index in [-0.39, 0.29) is 12.0 Å². The maximum absolute atomic E-state index is 13.0. The van der Waals surface area contributed by atoms with Gasteiger partial charge in [0.15, 0.2) is 5.82 Å². The lowest BCUT2D eigenvalue weighted by Crippen LogP contribution is -2.44. The quantitative estimate of drug-likeness (QED) is 0.826. The number of carbonyl (C=O) groups is 1. The van der Waals surface area contributed by atoms with Crippen molar-refractivity contribution < 1.29 is 9.53 Å². The summed E-state index contributed by atoms with van der Waals surface area (Å²) in [6, 6.07) is 0. The predicted octanol–water partition coefficient (Wildman–Crippen LogP) is 1.58. The SMILES string of the molecule is Cc1nn(C)c(C)c1C(=O)N1CCC[C@H](Oc2nccnc2N(C)C)C1. The van der Waals surface area contributed by atoms with Crippen molar-refractivity contribution in [3.63, 3.8) is 0 Å². The smallest absolute Gasteiger partial charge is 0.257 e. The number of hydrogen-bond acceptors (Lipinski definition) is 6. The predicted molar refractivity (Wildman–Crippen MR) is 98.6 cm³/mol. The first-order valence-electron chi connectivity index (χ1n) is 8.83. The normalized spacial score (nSPS) is 17.3. The molecule has 1 aliphatic rings. The number of likely N-dealkylation sites (tertiary alicyclic amines) is 1. The van der Waals surface area contributed by atoms with Crippen molar-refractivity contribution in [1.82, 2.24) is 24.6 Å². The van der Waals surface area contributed by atoms with Crippen LogP contribution in [0.25, 0.3) is 0 Å². The second-order valence-corrected chi connectivity index (χ2v) is 6.88. The maximum Gasteiger partial charge on any atom is 0.257 e. The number of rotatable bonds is 4. The van der Waals surface area contributed by atoms with E-state index in [1.807, 2.05) is 44.8 Å². The number of nitrogens with zero attached hydrogens (tertiary/aromatic N) is 6. The van der Waals surface area contributed by atoms with Crippen LogP contribution in [0.5, 0.6) is 5.88 Å². The fraction of sp³-hybridized carbons (Fsp3) is 0.556. The molecular weight excluding hydrogens is 332 g/mol. The number of anilines is 1. The highest BCUT2D eigenvalue weighted by molar-refractivity contribution is 5.96. The van der Waals surface area contributed by atoms with Crippen molar-refractivity contribution in [3.05, 3.63) is 29.3 Å². The van der Waals surface area contributed by atoms with Crippen LogP contribution in [0.15, 0.2) is 12.4 Å². The third-order valence-electron chi connectivity index (χ3n) is 4.74. The van der Waals surface area contributed by atoms with Gasteiger partial charge in [0, 0.05) is 45.8 Å². The summed E-state index contributed by atoms with van der Waals surface area (Å²) in [5, 5.41) is 4.36. The van der Waals surface area contributed by atoms with Crippen molar-refractivity contribution in [2.75, 3.05) is 32.1 Å². The Labute approximate surface area is 153 Å². The molecule has 26 heavy (non-hydrogen) atoms. The molecule has 8 heteroatoms. The molecule has 8 nitrogen and oxygen atoms in total. The van der Waals surface area contributed by atoms with E-state index in [0.29, 0.717) is 23.8 Å². The van der Waals surface area contributed by atoms with Crippen LogP contribution in [0.3, 0.4) is 0 Å². The Kier molecular flexibility index (Phi) is 5.11. The maximum atomic E-state index is 13.0. The number of aryl methyl sites for hydroxylation is 2. The van der Waals surface area contributed by atoms with Crippen LogP contribution in [0.4, 0.5) is 5.82 Å². The van der Waals surface area contributed by atoms with Crippen molar-refractivity contribution in [2.24, 2.45) is 7.05 Å². The molecule has 1 atom stereocenters. The van der Waals surface area contributed by atoms with Gasteiger partial charge in [-0.15, -0.1) is 0 Å². The number of amides is 1. The summed E-state index contributed by atoms with van der Waals surface area (Å²) in [5.41, 5.74) is 2.35. The highest BCUT2D eigenvalue weighted by Crippen LogP contribution is 2.25. The minimum Gasteiger partial charge on any atom is -0.470 e. The first-order chi connectivity index (χ1) is 12.4. The van der Waals surface area contributed by atoms with Crippen LogP contribution in [0.2, 0.25) is 0 Å². The molecule has 0 saturated carbocycles. The fourth-order valence-electron chi connectivity index (χ4n) is 3.33. The van der Waals surface area contributed by atoms with Gasteiger partial charge in [0.25, 0.3) is 11.8 Å². The molecule has 2 aromatic heterocycles. The third-order valence-corrected chi connectivity index (χ3v) is 4.74. The van der Waals surface area contributed by atoms with Gasteiger partial charge in [0.05, 0.1) is 17.8 Å². The number of piperidine rings is 1. The van der Waals surface area contributed by atoms with E-state index in [4.69, 9.17) is 4.74 Å². The topological polar surface area (TPSA) is 76.4 Å². The average molecular weight is 358 g/mol. The minimum atomic E-state index is -0.0969. The fourth-order valence-corrected chi connectivity index (χ4v) is 3.33. The summed E-state index contributed by atoms with van der Waals surface area (Å²) in [5.74, 6) is 1.22. The highest BCUT2D eigenvalue weighted by atomic mass is 16.5. The zero-order valence-corrected chi connectivity index (χ0v) is 16.1. The number of aromatic nitrogens is 4. The van der Waals surface area contributed by atoms with Gasteiger partial charge in [0.1, 0.15) is 6.10 Å². The Morgan fingerprint density at radius 1 is 1.27 bits per heavy atom. The van der Waals surface area contributed by atoms with Crippen molar-refractivity contribution in [2.45, 2.75) is 32.8 Å². The second-order valence-electron chi connectivity index (χ2n) is 6.88. The summed E-state index contributed by atoms with van der Waals surface area (Å²) < 4.78 is 7.85. The van der Waals surface area contributed by atoms with E-state index in [2.05, 4.69) is 15.1 Å². The summed E-state index contributed by atoms with van der Waals surface area (Å²) in [6.45, 7) is 5.07. The monoisotopic (exact) mass is 358 g/mol. The average Bonchev–Trinajstić information content (AvgIpc) is 2.87. The van der Waals surface area contributed by atoms with Crippen molar-refractivity contribution >= 4 is 11.7 Å². The molecule has 2 aromatic rings. The van der Waals surface area contributed by atoms with E-state index in [9.17, 15) is 4.79 Å². The van der Waals surface area contributed by atoms with E-state index in [0.717, 1.165) is 30.8 Å². The zero-order valence-electron chi connectivity index (χ0n) is 16.1. The van der Waals surface area contributed by atoms with Crippen LogP contribution >= 0.6 is 0 Å². The minimum absolute atomic E-state index is 0.0216. The Morgan fingerprint density at radius 3 is 2.65 bits per heavy atom. The van der Waals surface area contributed by atoms with Gasteiger partial charge >= 0.3 is 0 Å². The van der Waals surface area contributed by atoms with Gasteiger partial charge in [-0.05, 0) is 26.7 Å². The Morgan fingerprint density at radius 2 is 2.00 bits per heavy atom. The van der Waals surface area contributed by atoms with Crippen LogP contribution in [0.1, 0.15) is 34.6 Å². The Hall–Kier alpha value is -2.64. The van der Waals surface area contributed by atoms with Crippen LogP contribution < -0.4 is 9.64 Å². The van der Waals surface area contributed by atoms with Gasteiger partial charge in [-0.2, -0.15) is 5.10 Å². The lowest BCUT2D eigenvalue weighted by molar-refractivity contribution is 0.0527. The molecule has 0 unspecified atom stereocenters. The molecule has 3 rings (SSSR count). The Balaban J connectivity index is 1.75. The molecule has 1 amide bonds. The first kappa shape index (κ1) is 18.2. The summed E-state index contributed by atoms with van der Waals surface area (Å²) in [4.78, 5) is 25.4. The van der Waals surface area contributed by atoms with Crippen LogP contribution in [-0.2, 0) is 7.05 Å². The molecular formula is C18H26N6O2. The van der Waals surface area contributed by atoms with E-state index in [1.54, 1.807) is 17.1 Å². The van der Waals surface area contributed by atoms with E-state index in [1.165, 1.54) is 0 Å². The lowest BCUT2D eigenvalue weighted by Gasteiger charge is -2.33. The molecule has 0 spiro atoms. The summed E-state index contributed by atoms with van der Waals surface area (Å²) in [7, 11) is 5.67. The zero-order chi connectivity index (χ0) is 18.8. The van der Waals surface area contributed by atoms with Crippen molar-refractivity contribution in [1.29, 1.82) is 0 Å². The largest absolute Gasteiger partial charge is 0.470 e. The molecule has 1 fully saturated rings. The summed E-state index contributed by atoms with van der Waals surface area (Å²) >= 11 is 0. The first-order valence-corrected chi connectivity index (χ1v) is 8.83. The molecule has 0 aliphatic carbocycles. The summed E-state index contributed by atoms with van der Waals surface area (Å²) in [6.07, 6.45) is 4.95. The molecule has 0 aromatic carbocycles. The lowest BCUT2D eigenvalue weighted by atomic mass is 10.1. The van der Waals surface area contributed by atoms with Gasteiger partial charge < -0.3 is 14.5 Å². The van der Waals surface area contributed by atoms with Crippen LogP contribution in [-0.4, -0.2) is 63.8 Å². The van der Waals surface area contributed by atoms with Crippen molar-refractivity contribution in [3.8, 4) is 5.88 Å². The molecule has 140 valence electrons. The van der Waals surface area contributed by atoms with Gasteiger partial charge in [-0.3, -0.25) is 9.48 Å². The van der Waals surface area contributed by atoms with E-state index < -0.39 is 0 Å². The Bertz CT molecular complexity index is 801. The third kappa shape index (κ3) is 3.49. The molecule has 3 heterocycles. The highest BCUT2D eigenvalue weighted by Gasteiger charge is 2.29. The van der Waals surface area contributed by atoms with Gasteiger partial charge in [0.2, 0.25) is 0 Å². The second kappa shape index (κ2) is 7.31. The van der Waals surface area contributed by atoms with Crippen LogP contribution in [0, 0.1) is 13.8 Å². The molecule has 1 aliphatic heterocycles. The van der Waals surface area contributed by atoms with E-state index >= 15 is 0 Å². The molecule has 0 radical (unpaired) electrons. The number of ether oxygens (including phenoxy) is 1. The van der Waals surface area contributed by atoms with Gasteiger partial charge in [-0.1, -0.05) is 0 Å². The number of hydrogen-bond donors (Lipinski definition) is 0. The van der Waals surface area contributed by atoms with Gasteiger partial charge in [-0.25, -0.2) is 9.97 Å². The molecule has 1 saturated heterocycles. The standard InChI is InChI=1S/C18H26N6O2/c1-12-15(13(2)23(5)21-12)18(25)24-10-6-7-14(11-24)26-17-16(22(3)4)19-8-9-20-17/h8-9,14H,6-7,10-11H2,1-5H3/t14-/m0/s1. The molecule has 0 bridgehead atoms. The number of carbonyl (C=O) groups excluding carboxylic acids is 1. The molecule has 0 N–H and O–H groups in total.